The lowest BCUT2D eigenvalue weighted by Crippen LogP contribution is -2.21. The van der Waals surface area contributed by atoms with Gasteiger partial charge in [-0.3, -0.25) is 13.4 Å². The molecule has 1 fully saturated rings. The van der Waals surface area contributed by atoms with Crippen molar-refractivity contribution < 1.29 is 9.11 Å². The van der Waals surface area contributed by atoms with Crippen molar-refractivity contribution in [2.75, 3.05) is 21.9 Å². The van der Waals surface area contributed by atoms with E-state index in [-0.39, 0.29) is 0 Å². The van der Waals surface area contributed by atoms with E-state index < -0.39 is 10.8 Å². The molecule has 0 amide bonds. The number of anilines is 3. The summed E-state index contributed by atoms with van der Waals surface area (Å²) in [6.45, 7) is 0.637. The molecule has 0 saturated carbocycles. The molecule has 2 aromatic carbocycles. The summed E-state index contributed by atoms with van der Waals surface area (Å²) in [5.74, 6) is 0.886. The Hall–Kier alpha value is -3.60. The number of imidazole rings is 1. The van der Waals surface area contributed by atoms with Crippen molar-refractivity contribution in [2.45, 2.75) is 6.42 Å². The van der Waals surface area contributed by atoms with Gasteiger partial charge in [0.25, 0.3) is 0 Å². The molecule has 1 aliphatic heterocycles. The van der Waals surface area contributed by atoms with E-state index in [0.29, 0.717) is 18.2 Å². The van der Waals surface area contributed by atoms with Gasteiger partial charge in [-0.2, -0.15) is 0 Å². The average molecular weight is 448 g/mol. The molecule has 32 heavy (non-hydrogen) atoms. The summed E-state index contributed by atoms with van der Waals surface area (Å²) in [7, 11) is -2.74. The first-order valence-electron chi connectivity index (χ1n) is 10.3. The van der Waals surface area contributed by atoms with E-state index >= 15 is 0 Å². The number of H-pyrrole nitrogens is 1. The van der Waals surface area contributed by atoms with Crippen molar-refractivity contribution in [3.05, 3.63) is 67.1 Å². The molecular formula is C22H21N7O2S. The minimum absolute atomic E-state index is 0.415. The van der Waals surface area contributed by atoms with Crippen molar-refractivity contribution in [3.8, 4) is 11.3 Å². The SMILES string of the molecule is OS1(O)CCCN1c1cccc(-c2ccc3cnc(Nc4ccc5nc[nH]c5c4)nn23)c1. The summed E-state index contributed by atoms with van der Waals surface area (Å²) in [5, 5.41) is 7.94. The number of benzene rings is 2. The van der Waals surface area contributed by atoms with Crippen molar-refractivity contribution in [1.29, 1.82) is 0 Å². The van der Waals surface area contributed by atoms with Gasteiger partial charge in [-0.05, 0) is 48.9 Å². The summed E-state index contributed by atoms with van der Waals surface area (Å²) in [6, 6.07) is 17.6. The zero-order valence-electron chi connectivity index (χ0n) is 17.0. The number of hydrogen-bond donors (Lipinski definition) is 4. The summed E-state index contributed by atoms with van der Waals surface area (Å²) in [6.07, 6.45) is 4.21. The van der Waals surface area contributed by atoms with Crippen LogP contribution in [-0.2, 0) is 0 Å². The fraction of sp³-hybridized carbons (Fsp3) is 0.136. The van der Waals surface area contributed by atoms with Crippen LogP contribution in [0.15, 0.2) is 67.1 Å². The number of hydrogen-bond acceptors (Lipinski definition) is 7. The van der Waals surface area contributed by atoms with Gasteiger partial charge < -0.3 is 10.3 Å². The van der Waals surface area contributed by atoms with Crippen molar-refractivity contribution in [1.82, 2.24) is 24.6 Å². The number of rotatable bonds is 4. The molecule has 0 radical (unpaired) electrons. The van der Waals surface area contributed by atoms with Crippen molar-refractivity contribution in [3.63, 3.8) is 0 Å². The van der Waals surface area contributed by atoms with E-state index in [1.807, 2.05) is 59.1 Å². The molecular weight excluding hydrogens is 426 g/mol. The predicted octanol–water partition coefficient (Wildman–Crippen LogP) is 4.89. The van der Waals surface area contributed by atoms with E-state index in [9.17, 15) is 9.11 Å². The van der Waals surface area contributed by atoms with Gasteiger partial charge in [-0.1, -0.05) is 12.1 Å². The van der Waals surface area contributed by atoms with Gasteiger partial charge in [0.2, 0.25) is 5.95 Å². The second-order valence-corrected chi connectivity index (χ2v) is 9.85. The molecule has 0 spiro atoms. The van der Waals surface area contributed by atoms with Crippen LogP contribution in [0.3, 0.4) is 0 Å². The highest BCUT2D eigenvalue weighted by Gasteiger charge is 2.29. The Bertz CT molecular complexity index is 1440. The van der Waals surface area contributed by atoms with E-state index in [0.717, 1.165) is 45.6 Å². The van der Waals surface area contributed by atoms with Crippen LogP contribution in [0, 0.1) is 0 Å². The van der Waals surface area contributed by atoms with Crippen LogP contribution in [0.25, 0.3) is 27.8 Å². The predicted molar refractivity (Wildman–Crippen MR) is 127 cm³/mol. The number of aromatic amines is 1. The fourth-order valence-electron chi connectivity index (χ4n) is 4.10. The molecule has 1 aliphatic rings. The Balaban J connectivity index is 1.36. The summed E-state index contributed by atoms with van der Waals surface area (Å²) in [5.41, 5.74) is 6.19. The molecule has 10 heteroatoms. The molecule has 4 heterocycles. The lowest BCUT2D eigenvalue weighted by molar-refractivity contribution is 0.491. The van der Waals surface area contributed by atoms with Crippen LogP contribution in [0.5, 0.6) is 0 Å². The Labute approximate surface area is 185 Å². The quantitative estimate of drug-likeness (QED) is 0.310. The third kappa shape index (κ3) is 3.25. The Morgan fingerprint density at radius 2 is 1.97 bits per heavy atom. The minimum Gasteiger partial charge on any atom is -0.345 e. The maximum Gasteiger partial charge on any atom is 0.245 e. The number of fused-ring (bicyclic) bond motifs is 2. The molecule has 0 atom stereocenters. The highest BCUT2D eigenvalue weighted by atomic mass is 32.3. The second kappa shape index (κ2) is 7.23. The van der Waals surface area contributed by atoms with E-state index in [1.165, 1.54) is 0 Å². The van der Waals surface area contributed by atoms with Gasteiger partial charge in [-0.25, -0.2) is 14.5 Å². The molecule has 5 aromatic rings. The maximum atomic E-state index is 10.4. The highest BCUT2D eigenvalue weighted by molar-refractivity contribution is 8.25. The van der Waals surface area contributed by atoms with Crippen LogP contribution in [0.4, 0.5) is 17.3 Å². The van der Waals surface area contributed by atoms with Gasteiger partial charge in [-0.15, -0.1) is 15.9 Å². The second-order valence-electron chi connectivity index (χ2n) is 7.74. The smallest absolute Gasteiger partial charge is 0.245 e. The normalized spacial score (nSPS) is 16.6. The van der Waals surface area contributed by atoms with Gasteiger partial charge in [0, 0.05) is 17.8 Å². The minimum atomic E-state index is -2.74. The largest absolute Gasteiger partial charge is 0.345 e. The van der Waals surface area contributed by atoms with E-state index in [2.05, 4.69) is 20.3 Å². The first-order chi connectivity index (χ1) is 15.6. The third-order valence-electron chi connectivity index (χ3n) is 5.64. The van der Waals surface area contributed by atoms with Crippen LogP contribution < -0.4 is 9.62 Å². The molecule has 0 bridgehead atoms. The molecule has 4 N–H and O–H groups in total. The lowest BCUT2D eigenvalue weighted by Gasteiger charge is -2.38. The Morgan fingerprint density at radius 1 is 1.03 bits per heavy atom. The van der Waals surface area contributed by atoms with Crippen LogP contribution >= 0.6 is 10.8 Å². The number of aromatic nitrogens is 5. The highest BCUT2D eigenvalue weighted by Crippen LogP contribution is 2.51. The Morgan fingerprint density at radius 3 is 2.84 bits per heavy atom. The summed E-state index contributed by atoms with van der Waals surface area (Å²) < 4.78 is 24.3. The van der Waals surface area contributed by atoms with Crippen molar-refractivity contribution in [2.24, 2.45) is 0 Å². The maximum absolute atomic E-state index is 10.4. The lowest BCUT2D eigenvalue weighted by atomic mass is 10.1. The van der Waals surface area contributed by atoms with Gasteiger partial charge in [0.05, 0.1) is 46.2 Å². The molecule has 6 rings (SSSR count). The van der Waals surface area contributed by atoms with Gasteiger partial charge >= 0.3 is 0 Å². The first-order valence-corrected chi connectivity index (χ1v) is 11.9. The topological polar surface area (TPSA) is 115 Å². The summed E-state index contributed by atoms with van der Waals surface area (Å²) in [4.78, 5) is 11.8. The molecule has 3 aromatic heterocycles. The van der Waals surface area contributed by atoms with Crippen molar-refractivity contribution >= 4 is 44.6 Å². The van der Waals surface area contributed by atoms with Gasteiger partial charge in [0.15, 0.2) is 0 Å². The molecule has 0 aliphatic carbocycles. The van der Waals surface area contributed by atoms with Gasteiger partial charge in [0.1, 0.15) is 0 Å². The molecule has 1 saturated heterocycles. The van der Waals surface area contributed by atoms with E-state index in [4.69, 9.17) is 5.10 Å². The zero-order chi connectivity index (χ0) is 21.7. The number of nitrogens with zero attached hydrogens (tertiary/aromatic N) is 5. The zero-order valence-corrected chi connectivity index (χ0v) is 17.8. The van der Waals surface area contributed by atoms with Crippen LogP contribution in [0.1, 0.15) is 6.42 Å². The molecule has 9 nitrogen and oxygen atoms in total. The van der Waals surface area contributed by atoms with Crippen LogP contribution in [-0.4, -0.2) is 46.0 Å². The number of nitrogens with one attached hydrogen (secondary N) is 2. The standard InChI is InChI=1S/C22H21N7O2S/c30-32(31)10-2-9-28(32)17-4-1-3-15(11-17)21-8-6-18-13-23-22(27-29(18)21)26-16-5-7-19-20(12-16)25-14-24-19/h1,3-8,11-14,30-31H,2,9-10H2,(H,24,25)(H,26,27). The average Bonchev–Trinajstić information content (AvgIpc) is 3.51. The summed E-state index contributed by atoms with van der Waals surface area (Å²) >= 11 is 0. The monoisotopic (exact) mass is 447 g/mol. The first kappa shape index (κ1) is 19.1. The van der Waals surface area contributed by atoms with Crippen LogP contribution in [0.2, 0.25) is 0 Å². The third-order valence-corrected chi connectivity index (χ3v) is 7.57. The fourth-order valence-corrected chi connectivity index (χ4v) is 5.71. The Kier molecular flexibility index (Phi) is 4.32. The molecule has 0 unspecified atom stereocenters. The van der Waals surface area contributed by atoms with E-state index in [1.54, 1.807) is 16.8 Å². The molecule has 162 valence electrons.